The number of rotatable bonds is 5. The number of aryl methyl sites for hydroxylation is 1. The molecule has 17 heavy (non-hydrogen) atoms. The second kappa shape index (κ2) is 6.89. The Morgan fingerprint density at radius 1 is 1.59 bits per heavy atom. The van der Waals surface area contributed by atoms with Crippen LogP contribution in [0.2, 0.25) is 5.02 Å². The zero-order valence-electron chi connectivity index (χ0n) is 10.00. The Morgan fingerprint density at radius 2 is 2.29 bits per heavy atom. The summed E-state index contributed by atoms with van der Waals surface area (Å²) in [6.07, 6.45) is 2.65. The maximum Gasteiger partial charge on any atom is 0.241 e. The van der Waals surface area contributed by atoms with Gasteiger partial charge < -0.3 is 11.1 Å². The molecule has 1 aromatic rings. The average molecular weight is 273 g/mol. The summed E-state index contributed by atoms with van der Waals surface area (Å²) in [7, 11) is 0. The van der Waals surface area contributed by atoms with Gasteiger partial charge in [-0.3, -0.25) is 4.79 Å². The summed E-state index contributed by atoms with van der Waals surface area (Å²) < 4.78 is 0. The molecule has 0 aliphatic heterocycles. The topological polar surface area (TPSA) is 55.1 Å². The zero-order chi connectivity index (χ0) is 12.8. The number of carbonyl (C=O) groups excluding carboxylic acids is 1. The monoisotopic (exact) mass is 272 g/mol. The predicted octanol–water partition coefficient (Wildman–Crippen LogP) is 2.67. The van der Waals surface area contributed by atoms with Gasteiger partial charge in [-0.25, -0.2) is 0 Å². The maximum absolute atomic E-state index is 11.8. The first kappa shape index (κ1) is 14.4. The molecule has 0 aliphatic rings. The minimum absolute atomic E-state index is 0.188. The van der Waals surface area contributed by atoms with Gasteiger partial charge in [0, 0.05) is 0 Å². The summed E-state index contributed by atoms with van der Waals surface area (Å²) in [6, 6.07) is 5.01. The number of carbonyl (C=O) groups is 1. The molecule has 0 spiro atoms. The largest absolute Gasteiger partial charge is 0.323 e. The van der Waals surface area contributed by atoms with Crippen LogP contribution in [0.3, 0.4) is 0 Å². The van der Waals surface area contributed by atoms with E-state index in [9.17, 15) is 4.79 Å². The maximum atomic E-state index is 11.8. The van der Waals surface area contributed by atoms with Crippen LogP contribution in [0.5, 0.6) is 0 Å². The number of halogens is 1. The van der Waals surface area contributed by atoms with Crippen molar-refractivity contribution in [2.75, 3.05) is 17.3 Å². The quantitative estimate of drug-likeness (QED) is 0.866. The Balaban J connectivity index is 2.64. The number of hydrogen-bond acceptors (Lipinski definition) is 3. The summed E-state index contributed by atoms with van der Waals surface area (Å²) >= 11 is 7.66. The second-order valence-electron chi connectivity index (χ2n) is 3.86. The van der Waals surface area contributed by atoms with Crippen LogP contribution in [0.25, 0.3) is 0 Å². The molecule has 0 saturated heterocycles. The van der Waals surface area contributed by atoms with E-state index in [1.807, 2.05) is 25.3 Å². The Morgan fingerprint density at radius 3 is 2.94 bits per heavy atom. The van der Waals surface area contributed by atoms with Crippen LogP contribution in [0.15, 0.2) is 18.2 Å². The lowest BCUT2D eigenvalue weighted by Gasteiger charge is -2.13. The Kier molecular flexibility index (Phi) is 5.82. The van der Waals surface area contributed by atoms with Gasteiger partial charge in [-0.05, 0) is 43.0 Å². The Hall–Kier alpha value is -0.710. The van der Waals surface area contributed by atoms with Crippen molar-refractivity contribution < 1.29 is 4.79 Å². The normalized spacial score (nSPS) is 12.2. The van der Waals surface area contributed by atoms with Crippen molar-refractivity contribution in [2.24, 2.45) is 5.73 Å². The van der Waals surface area contributed by atoms with Gasteiger partial charge in [-0.2, -0.15) is 11.8 Å². The molecular formula is C12H17ClN2OS. The van der Waals surface area contributed by atoms with E-state index < -0.39 is 6.04 Å². The van der Waals surface area contributed by atoms with Crippen LogP contribution in [0.1, 0.15) is 12.0 Å². The van der Waals surface area contributed by atoms with Gasteiger partial charge in [0.2, 0.25) is 5.91 Å². The molecule has 0 bridgehead atoms. The summed E-state index contributed by atoms with van der Waals surface area (Å²) in [5.41, 5.74) is 7.44. The van der Waals surface area contributed by atoms with Crippen LogP contribution in [-0.2, 0) is 4.79 Å². The highest BCUT2D eigenvalue weighted by atomic mass is 35.5. The van der Waals surface area contributed by atoms with Gasteiger partial charge in [0.1, 0.15) is 0 Å². The van der Waals surface area contributed by atoms with E-state index in [1.165, 1.54) is 0 Å². The summed E-state index contributed by atoms with van der Waals surface area (Å²) in [5.74, 6) is 0.683. The summed E-state index contributed by atoms with van der Waals surface area (Å²) in [5, 5.41) is 3.28. The fourth-order valence-electron chi connectivity index (χ4n) is 1.34. The zero-order valence-corrected chi connectivity index (χ0v) is 11.6. The van der Waals surface area contributed by atoms with Crippen LogP contribution in [-0.4, -0.2) is 24.0 Å². The van der Waals surface area contributed by atoms with Gasteiger partial charge in [0.05, 0.1) is 16.8 Å². The summed E-state index contributed by atoms with van der Waals surface area (Å²) in [6.45, 7) is 1.94. The lowest BCUT2D eigenvalue weighted by Crippen LogP contribution is -2.36. The fourth-order valence-corrected chi connectivity index (χ4v) is 1.99. The molecule has 1 atom stereocenters. The van der Waals surface area contributed by atoms with Crippen molar-refractivity contribution in [3.63, 3.8) is 0 Å². The number of nitrogens with one attached hydrogen (secondary N) is 1. The van der Waals surface area contributed by atoms with E-state index in [0.29, 0.717) is 17.1 Å². The summed E-state index contributed by atoms with van der Waals surface area (Å²) in [4.78, 5) is 11.8. The van der Waals surface area contributed by atoms with E-state index in [2.05, 4.69) is 5.32 Å². The molecule has 94 valence electrons. The van der Waals surface area contributed by atoms with Gasteiger partial charge in [0.15, 0.2) is 0 Å². The number of hydrogen-bond donors (Lipinski definition) is 2. The molecular weight excluding hydrogens is 256 g/mol. The van der Waals surface area contributed by atoms with Crippen molar-refractivity contribution in [1.82, 2.24) is 0 Å². The average Bonchev–Trinajstić information content (AvgIpc) is 2.30. The number of nitrogens with two attached hydrogens (primary N) is 1. The SMILES string of the molecule is CSCC[C@@H](N)C(=O)Nc1cc(C)ccc1Cl. The third-order valence-electron chi connectivity index (χ3n) is 2.35. The second-order valence-corrected chi connectivity index (χ2v) is 5.25. The first-order valence-electron chi connectivity index (χ1n) is 5.36. The molecule has 0 aliphatic carbocycles. The first-order valence-corrected chi connectivity index (χ1v) is 7.13. The van der Waals surface area contributed by atoms with E-state index in [-0.39, 0.29) is 5.91 Å². The third-order valence-corrected chi connectivity index (χ3v) is 3.32. The van der Waals surface area contributed by atoms with Crippen LogP contribution < -0.4 is 11.1 Å². The highest BCUT2D eigenvalue weighted by molar-refractivity contribution is 7.98. The molecule has 0 fully saturated rings. The van der Waals surface area contributed by atoms with E-state index >= 15 is 0 Å². The van der Waals surface area contributed by atoms with E-state index in [0.717, 1.165) is 11.3 Å². The van der Waals surface area contributed by atoms with Gasteiger partial charge in [-0.15, -0.1) is 0 Å². The molecule has 3 nitrogen and oxygen atoms in total. The molecule has 3 N–H and O–H groups in total. The number of anilines is 1. The third kappa shape index (κ3) is 4.58. The lowest BCUT2D eigenvalue weighted by molar-refractivity contribution is -0.117. The first-order chi connectivity index (χ1) is 8.04. The van der Waals surface area contributed by atoms with Gasteiger partial charge >= 0.3 is 0 Å². The number of benzene rings is 1. The van der Waals surface area contributed by atoms with Crippen LogP contribution in [0, 0.1) is 6.92 Å². The van der Waals surface area contributed by atoms with Crippen molar-refractivity contribution in [3.8, 4) is 0 Å². The van der Waals surface area contributed by atoms with Crippen molar-refractivity contribution in [1.29, 1.82) is 0 Å². The molecule has 0 heterocycles. The van der Waals surface area contributed by atoms with E-state index in [4.69, 9.17) is 17.3 Å². The highest BCUT2D eigenvalue weighted by Gasteiger charge is 2.14. The fraction of sp³-hybridized carbons (Fsp3) is 0.417. The highest BCUT2D eigenvalue weighted by Crippen LogP contribution is 2.22. The van der Waals surface area contributed by atoms with Gasteiger partial charge in [-0.1, -0.05) is 17.7 Å². The standard InChI is InChI=1S/C12H17ClN2OS/c1-8-3-4-9(13)11(7-8)15-12(16)10(14)5-6-17-2/h3-4,7,10H,5-6,14H2,1-2H3,(H,15,16)/t10-/m1/s1. The van der Waals surface area contributed by atoms with E-state index in [1.54, 1.807) is 17.8 Å². The Bertz CT molecular complexity index is 398. The Labute approximate surface area is 111 Å². The molecule has 5 heteroatoms. The number of thioether (sulfide) groups is 1. The number of amides is 1. The van der Waals surface area contributed by atoms with Crippen LogP contribution in [0.4, 0.5) is 5.69 Å². The minimum atomic E-state index is -0.487. The molecule has 1 amide bonds. The minimum Gasteiger partial charge on any atom is -0.323 e. The molecule has 0 aromatic heterocycles. The molecule has 1 rings (SSSR count). The smallest absolute Gasteiger partial charge is 0.241 e. The van der Waals surface area contributed by atoms with Gasteiger partial charge in [0.25, 0.3) is 0 Å². The molecule has 0 unspecified atom stereocenters. The van der Waals surface area contributed by atoms with Crippen molar-refractivity contribution in [3.05, 3.63) is 28.8 Å². The lowest BCUT2D eigenvalue weighted by atomic mass is 10.2. The predicted molar refractivity (Wildman–Crippen MR) is 75.8 cm³/mol. The molecule has 0 radical (unpaired) electrons. The van der Waals surface area contributed by atoms with Crippen molar-refractivity contribution >= 4 is 35.0 Å². The molecule has 1 aromatic carbocycles. The van der Waals surface area contributed by atoms with Crippen LogP contribution >= 0.6 is 23.4 Å². The molecule has 0 saturated carbocycles. The van der Waals surface area contributed by atoms with Crippen molar-refractivity contribution in [2.45, 2.75) is 19.4 Å².